The van der Waals surface area contributed by atoms with Gasteiger partial charge in [0.1, 0.15) is 0 Å². The number of ether oxygens (including phenoxy) is 1. The van der Waals surface area contributed by atoms with Gasteiger partial charge in [0.15, 0.2) is 6.10 Å². The number of nitrogens with one attached hydrogen (secondary N) is 1. The maximum absolute atomic E-state index is 13.5. The van der Waals surface area contributed by atoms with E-state index in [1.54, 1.807) is 24.3 Å². The number of hydrogen-bond donors (Lipinski definition) is 1. The minimum atomic E-state index is -0.938. The Bertz CT molecular complexity index is 1180. The first-order valence-electron chi connectivity index (χ1n) is 11.4. The summed E-state index contributed by atoms with van der Waals surface area (Å²) in [5, 5.41) is 3.95. The summed E-state index contributed by atoms with van der Waals surface area (Å²) in [5.41, 5.74) is 3.60. The Kier molecular flexibility index (Phi) is 7.26. The number of esters is 1. The van der Waals surface area contributed by atoms with Crippen LogP contribution in [0.25, 0.3) is 10.9 Å². The number of nitrogens with zero attached hydrogens (tertiary/aromatic N) is 2. The van der Waals surface area contributed by atoms with Crippen LogP contribution in [0.5, 0.6) is 0 Å². The number of amides is 1. The number of aromatic nitrogens is 1. The molecule has 2 heterocycles. The molecular weight excluding hydrogens is 438 g/mol. The molecule has 1 aliphatic heterocycles. The molecule has 7 heteroatoms. The summed E-state index contributed by atoms with van der Waals surface area (Å²) in [4.78, 5) is 33.6. The van der Waals surface area contributed by atoms with Gasteiger partial charge >= 0.3 is 5.97 Å². The van der Waals surface area contributed by atoms with Crippen molar-refractivity contribution < 1.29 is 14.3 Å². The van der Waals surface area contributed by atoms with E-state index in [1.807, 2.05) is 31.2 Å². The third-order valence-electron chi connectivity index (χ3n) is 5.91. The number of hydrogen-bond acceptors (Lipinski definition) is 5. The predicted octanol–water partition coefficient (Wildman–Crippen LogP) is 5.23. The molecule has 1 unspecified atom stereocenters. The Morgan fingerprint density at radius 2 is 1.91 bits per heavy atom. The van der Waals surface area contributed by atoms with Crippen molar-refractivity contribution in [1.82, 2.24) is 9.88 Å². The second kappa shape index (κ2) is 10.3. The van der Waals surface area contributed by atoms with Crippen LogP contribution in [-0.4, -0.2) is 41.0 Å². The number of para-hydroxylation sites is 2. The lowest BCUT2D eigenvalue weighted by molar-refractivity contribution is -0.124. The number of halogens is 1. The zero-order valence-corrected chi connectivity index (χ0v) is 19.7. The van der Waals surface area contributed by atoms with Gasteiger partial charge in [-0.05, 0) is 37.6 Å². The van der Waals surface area contributed by atoms with Gasteiger partial charge in [0.2, 0.25) is 0 Å². The normalized spacial score (nSPS) is 14.5. The largest absolute Gasteiger partial charge is 0.449 e. The minimum Gasteiger partial charge on any atom is -0.449 e. The summed E-state index contributed by atoms with van der Waals surface area (Å²) >= 11 is 6.17. The smallest absolute Gasteiger partial charge is 0.340 e. The van der Waals surface area contributed by atoms with E-state index in [4.69, 9.17) is 21.3 Å². The summed E-state index contributed by atoms with van der Waals surface area (Å²) in [5.74, 6) is -0.900. The van der Waals surface area contributed by atoms with E-state index in [0.29, 0.717) is 29.2 Å². The van der Waals surface area contributed by atoms with Crippen LogP contribution in [0.15, 0.2) is 48.5 Å². The van der Waals surface area contributed by atoms with Gasteiger partial charge in [0, 0.05) is 36.2 Å². The maximum Gasteiger partial charge on any atom is 0.340 e. The molecule has 33 heavy (non-hydrogen) atoms. The van der Waals surface area contributed by atoms with Gasteiger partial charge in [-0.2, -0.15) is 0 Å². The molecule has 4 rings (SSSR count). The molecule has 1 amide bonds. The van der Waals surface area contributed by atoms with Crippen molar-refractivity contribution in [1.29, 1.82) is 0 Å². The molecule has 0 saturated heterocycles. The standard InChI is InChI=1S/C26H28ClN3O3/c1-3-14-30-15-13-21-18(16-30)24(17-9-5-7-11-20(17)28-21)26(32)33-23(4-2)25(31)29-22-12-8-6-10-19(22)27/h5-12,23H,3-4,13-16H2,1-2H3,(H,29,31). The molecule has 1 aromatic heterocycles. The van der Waals surface area contributed by atoms with Crippen LogP contribution in [0.4, 0.5) is 5.69 Å². The molecule has 0 aliphatic carbocycles. The van der Waals surface area contributed by atoms with Crippen molar-refractivity contribution in [3.63, 3.8) is 0 Å². The highest BCUT2D eigenvalue weighted by molar-refractivity contribution is 6.33. The quantitative estimate of drug-likeness (QED) is 0.484. The van der Waals surface area contributed by atoms with Crippen LogP contribution < -0.4 is 5.32 Å². The van der Waals surface area contributed by atoms with E-state index in [-0.39, 0.29) is 0 Å². The van der Waals surface area contributed by atoms with E-state index in [2.05, 4.69) is 17.1 Å². The molecule has 0 fully saturated rings. The summed E-state index contributed by atoms with van der Waals surface area (Å²) in [6, 6.07) is 14.6. The number of carbonyl (C=O) groups excluding carboxylic acids is 2. The van der Waals surface area contributed by atoms with Gasteiger partial charge < -0.3 is 10.1 Å². The highest BCUT2D eigenvalue weighted by atomic mass is 35.5. The van der Waals surface area contributed by atoms with Crippen molar-refractivity contribution >= 4 is 40.1 Å². The van der Waals surface area contributed by atoms with Crippen LogP contribution >= 0.6 is 11.6 Å². The fraction of sp³-hybridized carbons (Fsp3) is 0.346. The summed E-state index contributed by atoms with van der Waals surface area (Å²) in [6.45, 7) is 6.48. The average Bonchev–Trinajstić information content (AvgIpc) is 2.82. The third kappa shape index (κ3) is 5.02. The zero-order valence-electron chi connectivity index (χ0n) is 18.9. The molecule has 0 bridgehead atoms. The molecule has 2 aromatic carbocycles. The third-order valence-corrected chi connectivity index (χ3v) is 6.24. The fourth-order valence-electron chi connectivity index (χ4n) is 4.27. The average molecular weight is 466 g/mol. The Morgan fingerprint density at radius 1 is 1.15 bits per heavy atom. The Balaban J connectivity index is 1.65. The zero-order chi connectivity index (χ0) is 23.4. The first-order chi connectivity index (χ1) is 16.0. The Labute approximate surface area is 198 Å². The number of anilines is 1. The number of carbonyl (C=O) groups is 2. The van der Waals surface area contributed by atoms with Crippen LogP contribution in [0.3, 0.4) is 0 Å². The molecule has 0 saturated carbocycles. The van der Waals surface area contributed by atoms with Gasteiger partial charge in [-0.3, -0.25) is 14.7 Å². The van der Waals surface area contributed by atoms with Gasteiger partial charge in [0.25, 0.3) is 5.91 Å². The molecule has 1 N–H and O–H groups in total. The Morgan fingerprint density at radius 3 is 2.67 bits per heavy atom. The van der Waals surface area contributed by atoms with Gasteiger partial charge in [-0.15, -0.1) is 0 Å². The topological polar surface area (TPSA) is 71.5 Å². The number of benzene rings is 2. The van der Waals surface area contributed by atoms with Crippen LogP contribution in [0, 0.1) is 0 Å². The molecule has 6 nitrogen and oxygen atoms in total. The van der Waals surface area contributed by atoms with E-state index in [1.165, 1.54) is 0 Å². The maximum atomic E-state index is 13.5. The molecular formula is C26H28ClN3O3. The predicted molar refractivity (Wildman–Crippen MR) is 131 cm³/mol. The number of fused-ring (bicyclic) bond motifs is 2. The van der Waals surface area contributed by atoms with Crippen molar-refractivity contribution in [2.24, 2.45) is 0 Å². The number of pyridine rings is 1. The summed E-state index contributed by atoms with van der Waals surface area (Å²) in [6.07, 6.45) is 1.22. The second-order valence-corrected chi connectivity index (χ2v) is 8.63. The monoisotopic (exact) mass is 465 g/mol. The second-order valence-electron chi connectivity index (χ2n) is 8.23. The van der Waals surface area contributed by atoms with Crippen molar-refractivity contribution in [3.05, 3.63) is 70.4 Å². The highest BCUT2D eigenvalue weighted by Crippen LogP contribution is 2.29. The molecule has 172 valence electrons. The first-order valence-corrected chi connectivity index (χ1v) is 11.8. The van der Waals surface area contributed by atoms with E-state index < -0.39 is 18.0 Å². The van der Waals surface area contributed by atoms with Crippen LogP contribution in [-0.2, 0) is 22.5 Å². The fourth-order valence-corrected chi connectivity index (χ4v) is 4.46. The highest BCUT2D eigenvalue weighted by Gasteiger charge is 2.29. The molecule has 3 aromatic rings. The Hall–Kier alpha value is -2.96. The van der Waals surface area contributed by atoms with Crippen molar-refractivity contribution in [3.8, 4) is 0 Å². The van der Waals surface area contributed by atoms with Crippen LogP contribution in [0.2, 0.25) is 5.02 Å². The molecule has 1 atom stereocenters. The number of rotatable bonds is 7. The SMILES string of the molecule is CCCN1CCc2nc3ccccc3c(C(=O)OC(CC)C(=O)Nc3ccccc3Cl)c2C1. The van der Waals surface area contributed by atoms with E-state index >= 15 is 0 Å². The van der Waals surface area contributed by atoms with Gasteiger partial charge in [0.05, 0.1) is 21.8 Å². The summed E-state index contributed by atoms with van der Waals surface area (Å²) in [7, 11) is 0. The van der Waals surface area contributed by atoms with Crippen molar-refractivity contribution in [2.75, 3.05) is 18.4 Å². The van der Waals surface area contributed by atoms with Crippen molar-refractivity contribution in [2.45, 2.75) is 45.8 Å². The van der Waals surface area contributed by atoms with Gasteiger partial charge in [-0.25, -0.2) is 4.79 Å². The lowest BCUT2D eigenvalue weighted by atomic mass is 9.95. The lowest BCUT2D eigenvalue weighted by Crippen LogP contribution is -2.35. The lowest BCUT2D eigenvalue weighted by Gasteiger charge is -2.30. The molecule has 0 radical (unpaired) electrons. The molecule has 1 aliphatic rings. The van der Waals surface area contributed by atoms with E-state index in [9.17, 15) is 9.59 Å². The minimum absolute atomic E-state index is 0.342. The van der Waals surface area contributed by atoms with Gasteiger partial charge in [-0.1, -0.05) is 55.8 Å². The first kappa shape index (κ1) is 23.2. The molecule has 0 spiro atoms. The van der Waals surface area contributed by atoms with E-state index in [0.717, 1.165) is 48.1 Å². The summed E-state index contributed by atoms with van der Waals surface area (Å²) < 4.78 is 5.79. The van der Waals surface area contributed by atoms with Crippen LogP contribution in [0.1, 0.15) is 48.3 Å².